The second kappa shape index (κ2) is 6.42. The minimum atomic E-state index is 0.157. The van der Waals surface area contributed by atoms with Crippen molar-refractivity contribution in [2.75, 3.05) is 14.2 Å². The Balaban J connectivity index is 1.64. The molecule has 4 nitrogen and oxygen atoms in total. The molecule has 4 atom stereocenters. The molecule has 4 bridgehead atoms. The van der Waals surface area contributed by atoms with Gasteiger partial charge in [-0.25, -0.2) is 0 Å². The number of hydrogen-bond donors (Lipinski definition) is 0. The van der Waals surface area contributed by atoms with Crippen molar-refractivity contribution in [1.82, 2.24) is 0 Å². The fourth-order valence-electron chi connectivity index (χ4n) is 6.37. The van der Waals surface area contributed by atoms with E-state index in [0.717, 1.165) is 11.5 Å². The maximum atomic E-state index is 5.67. The van der Waals surface area contributed by atoms with Gasteiger partial charge in [0, 0.05) is 35.4 Å². The summed E-state index contributed by atoms with van der Waals surface area (Å²) in [5.41, 5.74) is 8.24. The molecule has 156 valence electrons. The zero-order valence-electron chi connectivity index (χ0n) is 18.1. The number of nitrogens with zero attached hydrogens (tertiary/aromatic N) is 2. The standard InChI is InChI=1S/C28H24N2O2/c1-31-17-9-11-19-21(15-17)25-23-7-3-5-13-29(23)27(19)26-22-16-18(32-2)10-12-20(22)28(25)30-14-6-4-8-24(26)30/h3-16,25-28H,1-2H3/q+2/t25-,26+,27-,28+. The molecule has 0 unspecified atom stereocenters. The van der Waals surface area contributed by atoms with Crippen LogP contribution in [0, 0.1) is 0 Å². The van der Waals surface area contributed by atoms with Crippen molar-refractivity contribution in [1.29, 1.82) is 0 Å². The fraction of sp³-hybridized carbons (Fsp3) is 0.214. The highest BCUT2D eigenvalue weighted by Gasteiger charge is 2.58. The van der Waals surface area contributed by atoms with Crippen molar-refractivity contribution in [2.24, 2.45) is 0 Å². The Morgan fingerprint density at radius 3 is 1.47 bits per heavy atom. The summed E-state index contributed by atoms with van der Waals surface area (Å²) in [6.07, 6.45) is 4.52. The van der Waals surface area contributed by atoms with E-state index in [4.69, 9.17) is 9.47 Å². The predicted molar refractivity (Wildman–Crippen MR) is 119 cm³/mol. The van der Waals surface area contributed by atoms with E-state index < -0.39 is 0 Å². The van der Waals surface area contributed by atoms with Crippen molar-refractivity contribution in [3.05, 3.63) is 119 Å². The molecule has 7 heterocycles. The number of rotatable bonds is 2. The van der Waals surface area contributed by atoms with Crippen LogP contribution in [-0.2, 0) is 0 Å². The first-order chi connectivity index (χ1) is 15.8. The molecule has 4 aromatic rings. The fourth-order valence-corrected chi connectivity index (χ4v) is 6.37. The highest BCUT2D eigenvalue weighted by atomic mass is 16.5. The smallest absolute Gasteiger partial charge is 0.200 e. The van der Waals surface area contributed by atoms with Crippen molar-refractivity contribution < 1.29 is 18.6 Å². The van der Waals surface area contributed by atoms with Crippen LogP contribution >= 0.6 is 0 Å². The second-order valence-electron chi connectivity index (χ2n) is 8.90. The summed E-state index contributed by atoms with van der Waals surface area (Å²) < 4.78 is 16.4. The monoisotopic (exact) mass is 420 g/mol. The third kappa shape index (κ3) is 2.17. The third-order valence-corrected chi connectivity index (χ3v) is 7.61. The minimum absolute atomic E-state index is 0.157. The van der Waals surface area contributed by atoms with Crippen LogP contribution in [0.2, 0.25) is 0 Å². The lowest BCUT2D eigenvalue weighted by molar-refractivity contribution is -0.769. The maximum absolute atomic E-state index is 5.67. The molecule has 0 radical (unpaired) electrons. The summed E-state index contributed by atoms with van der Waals surface area (Å²) >= 11 is 0. The van der Waals surface area contributed by atoms with Gasteiger partial charge in [-0.3, -0.25) is 0 Å². The molecule has 0 N–H and O–H groups in total. The van der Waals surface area contributed by atoms with Crippen molar-refractivity contribution in [3.8, 4) is 11.5 Å². The molecule has 0 saturated carbocycles. The third-order valence-electron chi connectivity index (χ3n) is 7.61. The molecule has 0 amide bonds. The van der Waals surface area contributed by atoms with Gasteiger partial charge >= 0.3 is 0 Å². The van der Waals surface area contributed by atoms with E-state index in [9.17, 15) is 0 Å². The van der Waals surface area contributed by atoms with Crippen LogP contribution in [0.4, 0.5) is 0 Å². The van der Waals surface area contributed by atoms with E-state index in [1.165, 1.54) is 33.6 Å². The minimum Gasteiger partial charge on any atom is -0.497 e. The second-order valence-corrected chi connectivity index (χ2v) is 8.90. The van der Waals surface area contributed by atoms with Crippen molar-refractivity contribution >= 4 is 0 Å². The number of aromatic nitrogens is 2. The molecule has 2 aromatic heterocycles. The van der Waals surface area contributed by atoms with Gasteiger partial charge in [0.2, 0.25) is 12.1 Å². The first kappa shape index (κ1) is 18.0. The Morgan fingerprint density at radius 1 is 0.562 bits per heavy atom. The van der Waals surface area contributed by atoms with Gasteiger partial charge in [-0.05, 0) is 47.5 Å². The summed E-state index contributed by atoms with van der Waals surface area (Å²) in [6, 6.07) is 26.9. The van der Waals surface area contributed by atoms with Crippen molar-refractivity contribution in [2.45, 2.75) is 23.9 Å². The molecular formula is C28H24N2O2+2. The average molecular weight is 421 g/mol. The normalized spacial score (nSPS) is 23.3. The Hall–Kier alpha value is -3.66. The highest BCUT2D eigenvalue weighted by Crippen LogP contribution is 2.55. The van der Waals surface area contributed by atoms with Gasteiger partial charge in [0.1, 0.15) is 23.3 Å². The van der Waals surface area contributed by atoms with Gasteiger partial charge in [-0.1, -0.05) is 12.1 Å². The van der Waals surface area contributed by atoms with Crippen molar-refractivity contribution in [3.63, 3.8) is 0 Å². The molecule has 32 heavy (non-hydrogen) atoms. The Bertz CT molecular complexity index is 1290. The summed E-state index contributed by atoms with van der Waals surface area (Å²) in [5.74, 6) is 2.19. The largest absolute Gasteiger partial charge is 0.497 e. The summed E-state index contributed by atoms with van der Waals surface area (Å²) in [4.78, 5) is 0. The number of pyridine rings is 2. The number of hydrogen-bond acceptors (Lipinski definition) is 2. The van der Waals surface area contributed by atoms with Crippen LogP contribution in [0.25, 0.3) is 0 Å². The van der Waals surface area contributed by atoms with Crippen LogP contribution < -0.4 is 18.6 Å². The first-order valence-corrected chi connectivity index (χ1v) is 11.2. The topological polar surface area (TPSA) is 26.2 Å². The van der Waals surface area contributed by atoms with E-state index >= 15 is 0 Å². The van der Waals surface area contributed by atoms with Gasteiger partial charge in [0.15, 0.2) is 23.8 Å². The van der Waals surface area contributed by atoms with Gasteiger partial charge in [-0.2, -0.15) is 9.13 Å². The van der Waals surface area contributed by atoms with E-state index in [-0.39, 0.29) is 23.9 Å². The van der Waals surface area contributed by atoms with Crippen LogP contribution in [0.5, 0.6) is 11.5 Å². The SMILES string of the molecule is COc1ccc2c(c1)[C@H]1c3cccc[n+]3[C@@H]2[C@@H]2c3cc(OC)ccc3[C@H]1[n+]1ccccc12. The molecular weight excluding hydrogens is 396 g/mol. The molecule has 4 heteroatoms. The molecule has 2 aromatic carbocycles. The summed E-state index contributed by atoms with van der Waals surface area (Å²) in [6.45, 7) is 0. The van der Waals surface area contributed by atoms with Crippen LogP contribution in [0.1, 0.15) is 57.6 Å². The van der Waals surface area contributed by atoms with Gasteiger partial charge in [0.25, 0.3) is 0 Å². The zero-order valence-corrected chi connectivity index (χ0v) is 18.1. The van der Waals surface area contributed by atoms with Crippen LogP contribution in [0.3, 0.4) is 0 Å². The quantitative estimate of drug-likeness (QED) is 0.457. The van der Waals surface area contributed by atoms with E-state index in [2.05, 4.69) is 94.3 Å². The lowest BCUT2D eigenvalue weighted by atomic mass is 9.65. The zero-order chi connectivity index (χ0) is 21.4. The predicted octanol–water partition coefficient (Wildman–Crippen LogP) is 4.06. The van der Waals surface area contributed by atoms with Gasteiger partial charge in [0.05, 0.1) is 14.2 Å². The van der Waals surface area contributed by atoms with E-state index in [1.54, 1.807) is 14.2 Å². The van der Waals surface area contributed by atoms with Crippen LogP contribution in [-0.4, -0.2) is 14.2 Å². The molecule has 1 aliphatic carbocycles. The number of ether oxygens (including phenoxy) is 2. The van der Waals surface area contributed by atoms with Gasteiger partial charge < -0.3 is 9.47 Å². The first-order valence-electron chi connectivity index (χ1n) is 11.2. The number of methoxy groups -OCH3 is 2. The van der Waals surface area contributed by atoms with E-state index in [0.29, 0.717) is 0 Å². The molecule has 0 spiro atoms. The molecule has 0 saturated heterocycles. The lowest BCUT2D eigenvalue weighted by Crippen LogP contribution is -2.62. The Labute approximate surface area is 187 Å². The Kier molecular flexibility index (Phi) is 3.61. The molecule has 10 rings (SSSR count). The van der Waals surface area contributed by atoms with Crippen LogP contribution in [0.15, 0.2) is 85.2 Å². The highest BCUT2D eigenvalue weighted by molar-refractivity contribution is 5.54. The summed E-state index contributed by atoms with van der Waals surface area (Å²) in [5, 5.41) is 0. The molecule has 5 aliphatic heterocycles. The lowest BCUT2D eigenvalue weighted by Gasteiger charge is -2.42. The maximum Gasteiger partial charge on any atom is 0.200 e. The Morgan fingerprint density at radius 2 is 1.03 bits per heavy atom. The van der Waals surface area contributed by atoms with Gasteiger partial charge in [-0.15, -0.1) is 0 Å². The molecule has 6 aliphatic rings. The summed E-state index contributed by atoms with van der Waals surface area (Å²) in [7, 11) is 3.51. The number of benzene rings is 2. The van der Waals surface area contributed by atoms with E-state index in [1.807, 2.05) is 0 Å². The molecule has 0 fully saturated rings. The average Bonchev–Trinajstić information content (AvgIpc) is 2.84.